The maximum absolute atomic E-state index is 10.7. The lowest BCUT2D eigenvalue weighted by Crippen LogP contribution is -2.12. The number of fused-ring (bicyclic) bond motifs is 1. The van der Waals surface area contributed by atoms with Crippen LogP contribution < -0.4 is 5.73 Å². The molecule has 0 bridgehead atoms. The quantitative estimate of drug-likeness (QED) is 0.774. The summed E-state index contributed by atoms with van der Waals surface area (Å²) in [5, 5.41) is 1.18. The van der Waals surface area contributed by atoms with Crippen molar-refractivity contribution in [3.8, 4) is 0 Å². The SMILES string of the molecule is NC(=O)Cc1cc2ccccc2s1. The van der Waals surface area contributed by atoms with Gasteiger partial charge in [0, 0.05) is 9.58 Å². The van der Waals surface area contributed by atoms with Crippen LogP contribution in [0.5, 0.6) is 0 Å². The summed E-state index contributed by atoms with van der Waals surface area (Å²) in [6, 6.07) is 10.1. The Hall–Kier alpha value is -1.35. The first kappa shape index (κ1) is 8.26. The first-order chi connectivity index (χ1) is 6.25. The Morgan fingerprint density at radius 1 is 1.38 bits per heavy atom. The normalized spacial score (nSPS) is 10.5. The minimum absolute atomic E-state index is 0.272. The van der Waals surface area contributed by atoms with E-state index in [2.05, 4.69) is 0 Å². The fourth-order valence-corrected chi connectivity index (χ4v) is 2.37. The Kier molecular flexibility index (Phi) is 2.02. The number of rotatable bonds is 2. The number of carbonyl (C=O) groups excluding carboxylic acids is 1. The van der Waals surface area contributed by atoms with Gasteiger partial charge in [-0.1, -0.05) is 18.2 Å². The Bertz CT molecular complexity index is 414. The molecule has 0 saturated heterocycles. The van der Waals surface area contributed by atoms with Crippen molar-refractivity contribution in [3.05, 3.63) is 35.2 Å². The van der Waals surface area contributed by atoms with E-state index in [1.54, 1.807) is 11.3 Å². The van der Waals surface area contributed by atoms with Gasteiger partial charge >= 0.3 is 0 Å². The second-order valence-electron chi connectivity index (χ2n) is 2.89. The summed E-state index contributed by atoms with van der Waals surface area (Å²) < 4.78 is 1.21. The summed E-state index contributed by atoms with van der Waals surface area (Å²) in [6.07, 6.45) is 0.347. The zero-order valence-corrected chi connectivity index (χ0v) is 7.80. The molecule has 66 valence electrons. The van der Waals surface area contributed by atoms with Crippen LogP contribution in [0.25, 0.3) is 10.1 Å². The van der Waals surface area contributed by atoms with Gasteiger partial charge in [0.05, 0.1) is 6.42 Å². The highest BCUT2D eigenvalue weighted by Gasteiger charge is 2.03. The topological polar surface area (TPSA) is 43.1 Å². The second-order valence-corrected chi connectivity index (χ2v) is 4.06. The van der Waals surface area contributed by atoms with Crippen molar-refractivity contribution >= 4 is 27.3 Å². The average Bonchev–Trinajstić information content (AvgIpc) is 2.44. The third-order valence-electron chi connectivity index (χ3n) is 1.83. The Morgan fingerprint density at radius 2 is 2.15 bits per heavy atom. The molecule has 2 N–H and O–H groups in total. The van der Waals surface area contributed by atoms with Gasteiger partial charge < -0.3 is 5.73 Å². The van der Waals surface area contributed by atoms with E-state index in [4.69, 9.17) is 5.73 Å². The molecular formula is C10H9NOS. The highest BCUT2D eigenvalue weighted by atomic mass is 32.1. The summed E-state index contributed by atoms with van der Waals surface area (Å²) in [5.41, 5.74) is 5.11. The fourth-order valence-electron chi connectivity index (χ4n) is 1.30. The van der Waals surface area contributed by atoms with Crippen LogP contribution in [0.2, 0.25) is 0 Å². The largest absolute Gasteiger partial charge is 0.369 e. The molecule has 0 atom stereocenters. The second kappa shape index (κ2) is 3.18. The molecule has 1 heterocycles. The van der Waals surface area contributed by atoms with Crippen molar-refractivity contribution in [1.82, 2.24) is 0 Å². The number of primary amides is 1. The summed E-state index contributed by atoms with van der Waals surface area (Å²) in [7, 11) is 0. The molecule has 13 heavy (non-hydrogen) atoms. The molecule has 1 amide bonds. The van der Waals surface area contributed by atoms with Gasteiger partial charge in [0.2, 0.25) is 5.91 Å². The van der Waals surface area contributed by atoms with Crippen LogP contribution in [-0.2, 0) is 11.2 Å². The van der Waals surface area contributed by atoms with Crippen molar-refractivity contribution in [2.75, 3.05) is 0 Å². The fraction of sp³-hybridized carbons (Fsp3) is 0.100. The summed E-state index contributed by atoms with van der Waals surface area (Å²) >= 11 is 1.62. The maximum atomic E-state index is 10.7. The minimum Gasteiger partial charge on any atom is -0.369 e. The molecule has 3 heteroatoms. The van der Waals surface area contributed by atoms with Gasteiger partial charge in [0.15, 0.2) is 0 Å². The Labute approximate surface area is 80.0 Å². The molecule has 2 rings (SSSR count). The lowest BCUT2D eigenvalue weighted by Gasteiger charge is -1.86. The highest BCUT2D eigenvalue weighted by Crippen LogP contribution is 2.25. The predicted molar refractivity (Wildman–Crippen MR) is 54.7 cm³/mol. The van der Waals surface area contributed by atoms with E-state index >= 15 is 0 Å². The summed E-state index contributed by atoms with van der Waals surface area (Å²) in [4.78, 5) is 11.7. The van der Waals surface area contributed by atoms with Crippen LogP contribution in [0.15, 0.2) is 30.3 Å². The van der Waals surface area contributed by atoms with E-state index in [1.807, 2.05) is 30.3 Å². The van der Waals surface area contributed by atoms with Crippen molar-refractivity contribution in [3.63, 3.8) is 0 Å². The van der Waals surface area contributed by atoms with E-state index in [0.717, 1.165) is 4.88 Å². The molecule has 2 aromatic rings. The number of nitrogens with two attached hydrogens (primary N) is 1. The molecule has 1 aromatic heterocycles. The zero-order valence-electron chi connectivity index (χ0n) is 6.99. The van der Waals surface area contributed by atoms with Crippen molar-refractivity contribution in [2.24, 2.45) is 5.73 Å². The molecule has 0 radical (unpaired) electrons. The number of amides is 1. The van der Waals surface area contributed by atoms with Gasteiger partial charge in [-0.15, -0.1) is 11.3 Å². The van der Waals surface area contributed by atoms with E-state index in [9.17, 15) is 4.79 Å². The summed E-state index contributed by atoms with van der Waals surface area (Å²) in [5.74, 6) is -0.272. The number of thiophene rings is 1. The molecule has 0 aliphatic carbocycles. The van der Waals surface area contributed by atoms with Gasteiger partial charge in [-0.3, -0.25) is 4.79 Å². The standard InChI is InChI=1S/C10H9NOS/c11-10(12)6-8-5-7-3-1-2-4-9(7)13-8/h1-5H,6H2,(H2,11,12). The zero-order chi connectivity index (χ0) is 9.26. The maximum Gasteiger partial charge on any atom is 0.222 e. The molecule has 2 nitrogen and oxygen atoms in total. The van der Waals surface area contributed by atoms with Crippen LogP contribution in [0.1, 0.15) is 4.88 Å². The van der Waals surface area contributed by atoms with Crippen LogP contribution >= 0.6 is 11.3 Å². The van der Waals surface area contributed by atoms with Crippen LogP contribution in [0, 0.1) is 0 Å². The van der Waals surface area contributed by atoms with Crippen LogP contribution in [0.3, 0.4) is 0 Å². The van der Waals surface area contributed by atoms with Crippen molar-refractivity contribution < 1.29 is 4.79 Å². The predicted octanol–water partition coefficient (Wildman–Crippen LogP) is 1.93. The lowest BCUT2D eigenvalue weighted by molar-refractivity contribution is -0.117. The van der Waals surface area contributed by atoms with Crippen molar-refractivity contribution in [1.29, 1.82) is 0 Å². The molecule has 0 unspecified atom stereocenters. The smallest absolute Gasteiger partial charge is 0.222 e. The van der Waals surface area contributed by atoms with Gasteiger partial charge in [0.25, 0.3) is 0 Å². The molecule has 0 aliphatic heterocycles. The number of hydrogen-bond acceptors (Lipinski definition) is 2. The molecule has 0 saturated carbocycles. The first-order valence-corrected chi connectivity index (χ1v) is 4.83. The summed E-state index contributed by atoms with van der Waals surface area (Å²) in [6.45, 7) is 0. The van der Waals surface area contributed by atoms with Crippen LogP contribution in [-0.4, -0.2) is 5.91 Å². The number of hydrogen-bond donors (Lipinski definition) is 1. The van der Waals surface area contributed by atoms with E-state index < -0.39 is 0 Å². The average molecular weight is 191 g/mol. The molecule has 0 aliphatic rings. The first-order valence-electron chi connectivity index (χ1n) is 4.01. The Balaban J connectivity index is 2.44. The van der Waals surface area contributed by atoms with E-state index in [-0.39, 0.29) is 5.91 Å². The van der Waals surface area contributed by atoms with Gasteiger partial charge in [-0.05, 0) is 17.5 Å². The van der Waals surface area contributed by atoms with Crippen LogP contribution in [0.4, 0.5) is 0 Å². The molecule has 0 fully saturated rings. The molecular weight excluding hydrogens is 182 g/mol. The van der Waals surface area contributed by atoms with Gasteiger partial charge in [0.1, 0.15) is 0 Å². The third kappa shape index (κ3) is 1.70. The van der Waals surface area contributed by atoms with Gasteiger partial charge in [-0.25, -0.2) is 0 Å². The third-order valence-corrected chi connectivity index (χ3v) is 2.94. The minimum atomic E-state index is -0.272. The van der Waals surface area contributed by atoms with Gasteiger partial charge in [-0.2, -0.15) is 0 Å². The molecule has 0 spiro atoms. The Morgan fingerprint density at radius 3 is 2.85 bits per heavy atom. The highest BCUT2D eigenvalue weighted by molar-refractivity contribution is 7.19. The number of benzene rings is 1. The lowest BCUT2D eigenvalue weighted by atomic mass is 10.2. The monoisotopic (exact) mass is 191 g/mol. The molecule has 1 aromatic carbocycles. The number of carbonyl (C=O) groups is 1. The van der Waals surface area contributed by atoms with Crippen molar-refractivity contribution in [2.45, 2.75) is 6.42 Å². The van der Waals surface area contributed by atoms with E-state index in [0.29, 0.717) is 6.42 Å². The van der Waals surface area contributed by atoms with E-state index in [1.165, 1.54) is 10.1 Å².